The van der Waals surface area contributed by atoms with Gasteiger partial charge < -0.3 is 5.32 Å². The molecule has 27 heavy (non-hydrogen) atoms. The third-order valence-corrected chi connectivity index (χ3v) is 6.57. The molecule has 0 aromatic carbocycles. The van der Waals surface area contributed by atoms with Gasteiger partial charge in [0.2, 0.25) is 0 Å². The highest BCUT2D eigenvalue weighted by Crippen LogP contribution is 2.17. The lowest BCUT2D eigenvalue weighted by molar-refractivity contribution is 0.369. The molecule has 0 atom stereocenters. The molecule has 0 aromatic rings. The van der Waals surface area contributed by atoms with E-state index in [4.69, 9.17) is 0 Å². The topological polar surface area (TPSA) is 12.0 Å². The summed E-state index contributed by atoms with van der Waals surface area (Å²) in [5.74, 6) is 0. The fraction of sp³-hybridized carbons (Fsp3) is 1.00. The highest BCUT2D eigenvalue weighted by atomic mass is 14.9. The summed E-state index contributed by atoms with van der Waals surface area (Å²) in [6.07, 6.45) is 33.6. The van der Waals surface area contributed by atoms with Crippen LogP contribution in [0.25, 0.3) is 0 Å². The molecule has 0 spiro atoms. The second-order valence-corrected chi connectivity index (χ2v) is 9.30. The first-order valence-electron chi connectivity index (χ1n) is 13.2. The Morgan fingerprint density at radius 1 is 0.481 bits per heavy atom. The number of nitrogens with one attached hydrogen (secondary N) is 1. The van der Waals surface area contributed by atoms with E-state index in [0.29, 0.717) is 0 Å². The summed E-state index contributed by atoms with van der Waals surface area (Å²) in [6.45, 7) is 3.57. The molecular formula is C26H53N. The molecule has 0 aliphatic heterocycles. The smallest absolute Gasteiger partial charge is 0.00670 e. The average molecular weight is 380 g/mol. The fourth-order valence-electron chi connectivity index (χ4n) is 4.64. The number of rotatable bonds is 20. The van der Waals surface area contributed by atoms with Gasteiger partial charge in [0, 0.05) is 6.04 Å². The molecule has 1 nitrogen and oxygen atoms in total. The monoisotopic (exact) mass is 379 g/mol. The Kier molecular flexibility index (Phi) is 19.2. The van der Waals surface area contributed by atoms with Crippen LogP contribution in [0.15, 0.2) is 0 Å². The molecule has 1 aliphatic rings. The Balaban J connectivity index is 1.64. The van der Waals surface area contributed by atoms with E-state index in [1.807, 2.05) is 0 Å². The maximum absolute atomic E-state index is 3.78. The lowest BCUT2D eigenvalue weighted by Crippen LogP contribution is -2.31. The summed E-state index contributed by atoms with van der Waals surface area (Å²) in [7, 11) is 0. The molecule has 0 amide bonds. The zero-order valence-corrected chi connectivity index (χ0v) is 19.0. The van der Waals surface area contributed by atoms with Gasteiger partial charge >= 0.3 is 0 Å². The van der Waals surface area contributed by atoms with Gasteiger partial charge in [-0.2, -0.15) is 0 Å². The van der Waals surface area contributed by atoms with Crippen molar-refractivity contribution in [3.63, 3.8) is 0 Å². The number of hydrogen-bond donors (Lipinski definition) is 1. The molecule has 1 fully saturated rings. The van der Waals surface area contributed by atoms with E-state index in [9.17, 15) is 0 Å². The van der Waals surface area contributed by atoms with E-state index in [2.05, 4.69) is 12.2 Å². The minimum atomic E-state index is 0.851. The van der Waals surface area contributed by atoms with Gasteiger partial charge in [0.15, 0.2) is 0 Å². The van der Waals surface area contributed by atoms with Gasteiger partial charge in [0.1, 0.15) is 0 Å². The summed E-state index contributed by atoms with van der Waals surface area (Å²) in [5.41, 5.74) is 0. The van der Waals surface area contributed by atoms with E-state index in [-0.39, 0.29) is 0 Å². The second-order valence-electron chi connectivity index (χ2n) is 9.30. The highest BCUT2D eigenvalue weighted by Gasteiger charge is 2.11. The molecule has 0 aromatic heterocycles. The molecule has 1 N–H and O–H groups in total. The molecule has 1 saturated carbocycles. The summed E-state index contributed by atoms with van der Waals surface area (Å²) in [4.78, 5) is 0. The first kappa shape index (κ1) is 25.0. The van der Waals surface area contributed by atoms with Gasteiger partial charge in [0.05, 0.1) is 0 Å². The Bertz CT molecular complexity index is 269. The highest BCUT2D eigenvalue weighted by molar-refractivity contribution is 4.71. The van der Waals surface area contributed by atoms with Gasteiger partial charge in [-0.15, -0.1) is 0 Å². The molecule has 0 radical (unpaired) electrons. The third-order valence-electron chi connectivity index (χ3n) is 6.57. The van der Waals surface area contributed by atoms with E-state index < -0.39 is 0 Å². The van der Waals surface area contributed by atoms with Gasteiger partial charge in [-0.05, 0) is 25.8 Å². The Morgan fingerprint density at radius 2 is 0.852 bits per heavy atom. The van der Waals surface area contributed by atoms with Crippen LogP contribution < -0.4 is 5.32 Å². The van der Waals surface area contributed by atoms with Crippen LogP contribution in [0.3, 0.4) is 0 Å². The van der Waals surface area contributed by atoms with Crippen molar-refractivity contribution in [2.45, 2.75) is 161 Å². The normalized spacial score (nSPS) is 15.4. The lowest BCUT2D eigenvalue weighted by Gasteiger charge is -2.22. The summed E-state index contributed by atoms with van der Waals surface area (Å²) < 4.78 is 0. The van der Waals surface area contributed by atoms with Gasteiger partial charge in [-0.25, -0.2) is 0 Å². The molecule has 0 bridgehead atoms. The van der Waals surface area contributed by atoms with Crippen molar-refractivity contribution >= 4 is 0 Å². The minimum absolute atomic E-state index is 0.851. The van der Waals surface area contributed by atoms with E-state index in [0.717, 1.165) is 6.04 Å². The maximum atomic E-state index is 3.78. The first-order chi connectivity index (χ1) is 13.4. The van der Waals surface area contributed by atoms with Crippen LogP contribution in [0.5, 0.6) is 0 Å². The first-order valence-corrected chi connectivity index (χ1v) is 13.2. The van der Waals surface area contributed by atoms with Gasteiger partial charge in [-0.3, -0.25) is 0 Å². The molecular weight excluding hydrogens is 326 g/mol. The Labute approximate surface area is 172 Å². The van der Waals surface area contributed by atoms with Gasteiger partial charge in [0.25, 0.3) is 0 Å². The molecule has 162 valence electrons. The van der Waals surface area contributed by atoms with Crippen LogP contribution >= 0.6 is 0 Å². The van der Waals surface area contributed by atoms with Crippen molar-refractivity contribution in [3.8, 4) is 0 Å². The molecule has 0 saturated heterocycles. The van der Waals surface area contributed by atoms with Crippen LogP contribution in [0.4, 0.5) is 0 Å². The molecule has 1 heteroatoms. The summed E-state index contributed by atoms with van der Waals surface area (Å²) in [5, 5.41) is 3.78. The maximum Gasteiger partial charge on any atom is 0.00670 e. The zero-order chi connectivity index (χ0) is 19.3. The molecule has 0 heterocycles. The standard InChI is InChI=1S/C26H53N/c1-2-3-4-5-6-7-8-9-10-11-12-13-14-15-16-17-18-22-25-27-26-23-20-19-21-24-26/h26-27H,2-25H2,1H3. The fourth-order valence-corrected chi connectivity index (χ4v) is 4.64. The third kappa shape index (κ3) is 17.8. The van der Waals surface area contributed by atoms with Crippen LogP contribution in [0.2, 0.25) is 0 Å². The van der Waals surface area contributed by atoms with Crippen molar-refractivity contribution in [3.05, 3.63) is 0 Å². The van der Waals surface area contributed by atoms with Crippen LogP contribution in [-0.2, 0) is 0 Å². The van der Waals surface area contributed by atoms with Crippen molar-refractivity contribution < 1.29 is 0 Å². The van der Waals surface area contributed by atoms with Crippen molar-refractivity contribution in [2.24, 2.45) is 0 Å². The predicted octanol–water partition coefficient (Wildman–Crippen LogP) is 8.95. The van der Waals surface area contributed by atoms with Crippen LogP contribution in [0, 0.1) is 0 Å². The van der Waals surface area contributed by atoms with E-state index in [1.165, 1.54) is 154 Å². The minimum Gasteiger partial charge on any atom is -0.314 e. The number of hydrogen-bond acceptors (Lipinski definition) is 1. The van der Waals surface area contributed by atoms with Crippen molar-refractivity contribution in [1.29, 1.82) is 0 Å². The van der Waals surface area contributed by atoms with E-state index in [1.54, 1.807) is 0 Å². The lowest BCUT2D eigenvalue weighted by atomic mass is 9.95. The average Bonchev–Trinajstić information content (AvgIpc) is 2.70. The predicted molar refractivity (Wildman–Crippen MR) is 124 cm³/mol. The van der Waals surface area contributed by atoms with Gasteiger partial charge in [-0.1, -0.05) is 135 Å². The Morgan fingerprint density at radius 3 is 1.26 bits per heavy atom. The summed E-state index contributed by atoms with van der Waals surface area (Å²) >= 11 is 0. The van der Waals surface area contributed by atoms with Crippen LogP contribution in [-0.4, -0.2) is 12.6 Å². The zero-order valence-electron chi connectivity index (χ0n) is 19.0. The molecule has 0 unspecified atom stereocenters. The van der Waals surface area contributed by atoms with Crippen LogP contribution in [0.1, 0.15) is 155 Å². The summed E-state index contributed by atoms with van der Waals surface area (Å²) in [6, 6.07) is 0.851. The Hall–Kier alpha value is -0.0400. The van der Waals surface area contributed by atoms with Crippen molar-refractivity contribution in [2.75, 3.05) is 6.54 Å². The molecule has 1 rings (SSSR count). The SMILES string of the molecule is CCCCCCCCCCCCCCCCCCCCNC1CCCCC1. The molecule has 1 aliphatic carbocycles. The number of unbranched alkanes of at least 4 members (excludes halogenated alkanes) is 17. The van der Waals surface area contributed by atoms with Crippen molar-refractivity contribution in [1.82, 2.24) is 5.32 Å². The second kappa shape index (κ2) is 20.7. The largest absolute Gasteiger partial charge is 0.314 e. The quantitative estimate of drug-likeness (QED) is 0.208. The van der Waals surface area contributed by atoms with E-state index >= 15 is 0 Å².